The molecule has 0 saturated carbocycles. The number of rotatable bonds is 10. The van der Waals surface area contributed by atoms with Crippen LogP contribution in [0.1, 0.15) is 46.5 Å². The van der Waals surface area contributed by atoms with Crippen LogP contribution in [0, 0.1) is 0 Å². The van der Waals surface area contributed by atoms with E-state index in [0.717, 1.165) is 0 Å². The topological polar surface area (TPSA) is 118 Å². The molecule has 0 radical (unpaired) electrons. The number of carbonyl (C=O) groups is 4. The minimum absolute atomic E-state index is 0.0308. The standard InChI is InChI=1S/C14H25N3O4/c1-4-10(19)8-16-14(21)12(5-2)17-13(20)7-6-11(15)9(3)18/h11-12H,4-8,15H2,1-3H3,(H,16,21)(H,17,20). The fourth-order valence-corrected chi connectivity index (χ4v) is 1.54. The zero-order valence-corrected chi connectivity index (χ0v) is 12.9. The summed E-state index contributed by atoms with van der Waals surface area (Å²) in [5.41, 5.74) is 5.54. The van der Waals surface area contributed by atoms with E-state index in [1.807, 2.05) is 0 Å². The van der Waals surface area contributed by atoms with Crippen molar-refractivity contribution in [3.05, 3.63) is 0 Å². The summed E-state index contributed by atoms with van der Waals surface area (Å²) in [4.78, 5) is 45.6. The summed E-state index contributed by atoms with van der Waals surface area (Å²) in [5.74, 6) is -0.971. The van der Waals surface area contributed by atoms with Crippen molar-refractivity contribution < 1.29 is 19.2 Å². The van der Waals surface area contributed by atoms with E-state index in [1.54, 1.807) is 13.8 Å². The normalized spacial score (nSPS) is 13.1. The van der Waals surface area contributed by atoms with Gasteiger partial charge in [-0.15, -0.1) is 0 Å². The maximum Gasteiger partial charge on any atom is 0.242 e. The Balaban J connectivity index is 4.23. The van der Waals surface area contributed by atoms with Crippen LogP contribution in [-0.4, -0.2) is 42.0 Å². The van der Waals surface area contributed by atoms with E-state index in [1.165, 1.54) is 6.92 Å². The lowest BCUT2D eigenvalue weighted by atomic mass is 10.1. The molecule has 0 spiro atoms. The number of carbonyl (C=O) groups excluding carboxylic acids is 4. The summed E-state index contributed by atoms with van der Waals surface area (Å²) < 4.78 is 0. The van der Waals surface area contributed by atoms with Gasteiger partial charge in [-0.1, -0.05) is 13.8 Å². The Hall–Kier alpha value is -1.76. The Morgan fingerprint density at radius 3 is 2.24 bits per heavy atom. The van der Waals surface area contributed by atoms with Gasteiger partial charge in [-0.05, 0) is 19.8 Å². The van der Waals surface area contributed by atoms with Gasteiger partial charge in [-0.25, -0.2) is 0 Å². The molecule has 0 bridgehead atoms. The van der Waals surface area contributed by atoms with Crippen molar-refractivity contribution in [2.24, 2.45) is 5.73 Å². The number of ketones is 2. The number of hydrogen-bond acceptors (Lipinski definition) is 5. The number of Topliss-reactive ketones (excluding diaryl/α,β-unsaturated/α-hetero) is 2. The first-order chi connectivity index (χ1) is 9.81. The molecular weight excluding hydrogens is 274 g/mol. The van der Waals surface area contributed by atoms with Crippen LogP contribution in [0.5, 0.6) is 0 Å². The van der Waals surface area contributed by atoms with Crippen molar-refractivity contribution in [3.63, 3.8) is 0 Å². The first-order valence-corrected chi connectivity index (χ1v) is 7.16. The molecule has 0 fully saturated rings. The summed E-state index contributed by atoms with van der Waals surface area (Å²) in [6, 6.07) is -1.34. The predicted octanol–water partition coefficient (Wildman–Crippen LogP) is -0.327. The second-order valence-corrected chi connectivity index (χ2v) is 4.89. The van der Waals surface area contributed by atoms with Crippen molar-refractivity contribution in [2.45, 2.75) is 58.5 Å². The number of nitrogens with two attached hydrogens (primary N) is 1. The fourth-order valence-electron chi connectivity index (χ4n) is 1.54. The van der Waals surface area contributed by atoms with Gasteiger partial charge >= 0.3 is 0 Å². The van der Waals surface area contributed by atoms with Gasteiger partial charge < -0.3 is 16.4 Å². The van der Waals surface area contributed by atoms with Gasteiger partial charge in [0.05, 0.1) is 12.6 Å². The van der Waals surface area contributed by atoms with Crippen molar-refractivity contribution in [2.75, 3.05) is 6.54 Å². The lowest BCUT2D eigenvalue weighted by Crippen LogP contribution is -2.47. The van der Waals surface area contributed by atoms with E-state index in [2.05, 4.69) is 10.6 Å². The molecule has 0 aromatic carbocycles. The zero-order chi connectivity index (χ0) is 16.4. The van der Waals surface area contributed by atoms with Crippen LogP contribution in [0.2, 0.25) is 0 Å². The average molecular weight is 299 g/mol. The third-order valence-corrected chi connectivity index (χ3v) is 3.12. The van der Waals surface area contributed by atoms with E-state index < -0.39 is 12.1 Å². The van der Waals surface area contributed by atoms with Crippen LogP contribution in [0.15, 0.2) is 0 Å². The SMILES string of the molecule is CCC(=O)CNC(=O)C(CC)NC(=O)CCC(N)C(C)=O. The molecule has 0 saturated heterocycles. The van der Waals surface area contributed by atoms with E-state index in [4.69, 9.17) is 5.73 Å². The van der Waals surface area contributed by atoms with Crippen molar-refractivity contribution in [1.29, 1.82) is 0 Å². The van der Waals surface area contributed by atoms with Crippen LogP contribution in [0.3, 0.4) is 0 Å². The van der Waals surface area contributed by atoms with Crippen LogP contribution in [-0.2, 0) is 19.2 Å². The second-order valence-electron chi connectivity index (χ2n) is 4.89. The minimum atomic E-state index is -0.685. The molecule has 0 aliphatic heterocycles. The highest BCUT2D eigenvalue weighted by molar-refractivity contribution is 5.91. The van der Waals surface area contributed by atoms with E-state index >= 15 is 0 Å². The lowest BCUT2D eigenvalue weighted by Gasteiger charge is -2.17. The first-order valence-electron chi connectivity index (χ1n) is 7.16. The van der Waals surface area contributed by atoms with Gasteiger partial charge in [0.2, 0.25) is 11.8 Å². The number of hydrogen-bond donors (Lipinski definition) is 3. The van der Waals surface area contributed by atoms with Gasteiger partial charge in [0.15, 0.2) is 5.78 Å². The van der Waals surface area contributed by atoms with Crippen molar-refractivity contribution >= 4 is 23.4 Å². The van der Waals surface area contributed by atoms with Crippen molar-refractivity contribution in [1.82, 2.24) is 10.6 Å². The Labute approximate surface area is 125 Å². The van der Waals surface area contributed by atoms with Gasteiger partial charge in [-0.3, -0.25) is 19.2 Å². The van der Waals surface area contributed by atoms with Crippen LogP contribution < -0.4 is 16.4 Å². The van der Waals surface area contributed by atoms with Crippen LogP contribution >= 0.6 is 0 Å². The van der Waals surface area contributed by atoms with Gasteiger partial charge in [0.25, 0.3) is 0 Å². The first kappa shape index (κ1) is 19.2. The van der Waals surface area contributed by atoms with Gasteiger partial charge in [0, 0.05) is 12.8 Å². The molecule has 2 amide bonds. The molecule has 0 aliphatic carbocycles. The second kappa shape index (κ2) is 10.0. The molecule has 2 atom stereocenters. The smallest absolute Gasteiger partial charge is 0.242 e. The molecule has 0 aromatic rings. The highest BCUT2D eigenvalue weighted by Gasteiger charge is 2.19. The van der Waals surface area contributed by atoms with Crippen LogP contribution in [0.25, 0.3) is 0 Å². The summed E-state index contributed by atoms with van der Waals surface area (Å²) in [6.07, 6.45) is 1.09. The molecule has 7 heteroatoms. The fraction of sp³-hybridized carbons (Fsp3) is 0.714. The number of amides is 2. The molecule has 0 aromatic heterocycles. The summed E-state index contributed by atoms with van der Waals surface area (Å²) in [6.45, 7) is 4.81. The molecule has 21 heavy (non-hydrogen) atoms. The Morgan fingerprint density at radius 2 is 1.76 bits per heavy atom. The lowest BCUT2D eigenvalue weighted by molar-refractivity contribution is -0.130. The van der Waals surface area contributed by atoms with Gasteiger partial charge in [-0.2, -0.15) is 0 Å². The zero-order valence-electron chi connectivity index (χ0n) is 12.9. The predicted molar refractivity (Wildman–Crippen MR) is 78.4 cm³/mol. The molecule has 0 heterocycles. The summed E-state index contributed by atoms with van der Waals surface area (Å²) in [5, 5.41) is 5.06. The molecular formula is C14H25N3O4. The molecule has 0 rings (SSSR count). The summed E-state index contributed by atoms with van der Waals surface area (Å²) in [7, 11) is 0. The quantitative estimate of drug-likeness (QED) is 0.510. The third kappa shape index (κ3) is 8.19. The number of nitrogens with one attached hydrogen (secondary N) is 2. The van der Waals surface area contributed by atoms with E-state index in [9.17, 15) is 19.2 Å². The van der Waals surface area contributed by atoms with Crippen molar-refractivity contribution in [3.8, 4) is 0 Å². The van der Waals surface area contributed by atoms with E-state index in [0.29, 0.717) is 12.8 Å². The Morgan fingerprint density at radius 1 is 1.14 bits per heavy atom. The minimum Gasteiger partial charge on any atom is -0.347 e. The third-order valence-electron chi connectivity index (χ3n) is 3.12. The molecule has 2 unspecified atom stereocenters. The average Bonchev–Trinajstić information content (AvgIpc) is 2.46. The van der Waals surface area contributed by atoms with Gasteiger partial charge in [0.1, 0.15) is 11.8 Å². The van der Waals surface area contributed by atoms with Crippen LogP contribution in [0.4, 0.5) is 0 Å². The van der Waals surface area contributed by atoms with E-state index in [-0.39, 0.29) is 42.8 Å². The maximum absolute atomic E-state index is 11.8. The molecule has 120 valence electrons. The highest BCUT2D eigenvalue weighted by atomic mass is 16.2. The largest absolute Gasteiger partial charge is 0.347 e. The maximum atomic E-state index is 11.8. The molecule has 0 aliphatic rings. The molecule has 4 N–H and O–H groups in total. The Bertz CT molecular complexity index is 396. The summed E-state index contributed by atoms with van der Waals surface area (Å²) >= 11 is 0. The monoisotopic (exact) mass is 299 g/mol. The highest BCUT2D eigenvalue weighted by Crippen LogP contribution is 1.98. The Kier molecular flexibility index (Phi) is 9.20. The molecule has 7 nitrogen and oxygen atoms in total.